The molecule has 9 rings (SSSR count). The maximum Gasteiger partial charge on any atom is 0.149 e. The molecule has 0 saturated heterocycles. The lowest BCUT2D eigenvalue weighted by molar-refractivity contribution is 0.456. The lowest BCUT2D eigenvalue weighted by Gasteiger charge is -2.22. The van der Waals surface area contributed by atoms with Crippen molar-refractivity contribution in [2.45, 2.75) is 29.6 Å². The first kappa shape index (κ1) is 28.0. The summed E-state index contributed by atoms with van der Waals surface area (Å²) in [6.45, 7) is 2.23. The zero-order valence-electron chi connectivity index (χ0n) is 26.2. The summed E-state index contributed by atoms with van der Waals surface area (Å²) < 4.78 is 6.63. The molecule has 0 N–H and O–H groups in total. The van der Waals surface area contributed by atoms with Gasteiger partial charge in [0.25, 0.3) is 0 Å². The highest BCUT2D eigenvalue weighted by Gasteiger charge is 2.22. The standard InChI is InChI=1S/C45H32OS/c1-2-29-11-9-12-30(22-21-29)32-25-33(27-34(26-32)35-17-10-20-44-45(35)46-42-18-7-8-19-43(42)47-44)31-23-24-40-38-15-4-3-13-36(38)37-14-5-6-16-39(37)41(40)28-31/h3-20,22-28H,2,21H2,1H3. The maximum atomic E-state index is 6.63. The molecular weight excluding hydrogens is 589 g/mol. The van der Waals surface area contributed by atoms with E-state index in [1.165, 1.54) is 60.2 Å². The second kappa shape index (κ2) is 11.5. The summed E-state index contributed by atoms with van der Waals surface area (Å²) in [6.07, 6.45) is 11.1. The van der Waals surface area contributed by atoms with Gasteiger partial charge >= 0.3 is 0 Å². The van der Waals surface area contributed by atoms with Gasteiger partial charge in [-0.15, -0.1) is 0 Å². The highest BCUT2D eigenvalue weighted by Crippen LogP contribution is 2.51. The van der Waals surface area contributed by atoms with Crippen LogP contribution in [0.5, 0.6) is 11.5 Å². The third-order valence-electron chi connectivity index (χ3n) is 9.56. The van der Waals surface area contributed by atoms with Gasteiger partial charge in [-0.05, 0) is 115 Å². The minimum Gasteiger partial charge on any atom is -0.454 e. The van der Waals surface area contributed by atoms with Crippen LogP contribution in [0.25, 0.3) is 60.1 Å². The molecule has 1 aliphatic carbocycles. The number of hydrogen-bond acceptors (Lipinski definition) is 2. The van der Waals surface area contributed by atoms with Gasteiger partial charge in [0.05, 0.1) is 9.79 Å². The molecule has 7 aromatic rings. The molecule has 0 atom stereocenters. The van der Waals surface area contributed by atoms with Crippen LogP contribution in [-0.2, 0) is 0 Å². The number of benzene rings is 7. The van der Waals surface area contributed by atoms with Gasteiger partial charge in [0.15, 0.2) is 0 Å². The SMILES string of the molecule is CCC1=CC=CC(c2cc(-c3ccc4c5ccccc5c5ccccc5c4c3)cc(-c3cccc4c3Oc3ccccc3S4)c2)=CC1. The number of ether oxygens (including phenoxy) is 1. The second-order valence-electron chi connectivity index (χ2n) is 12.3. The fourth-order valence-electron chi connectivity index (χ4n) is 7.12. The number of para-hydroxylation sites is 2. The molecule has 0 bridgehead atoms. The van der Waals surface area contributed by atoms with Crippen LogP contribution >= 0.6 is 11.8 Å². The maximum absolute atomic E-state index is 6.63. The minimum atomic E-state index is 0.912. The summed E-state index contributed by atoms with van der Waals surface area (Å²) in [5, 5.41) is 7.74. The molecule has 7 aromatic carbocycles. The van der Waals surface area contributed by atoms with Gasteiger partial charge in [0.2, 0.25) is 0 Å². The Bertz CT molecular complexity index is 2440. The highest BCUT2D eigenvalue weighted by molar-refractivity contribution is 7.99. The largest absolute Gasteiger partial charge is 0.454 e. The Hall–Kier alpha value is -5.31. The Morgan fingerprint density at radius 2 is 1.23 bits per heavy atom. The molecule has 0 fully saturated rings. The lowest BCUT2D eigenvalue weighted by Crippen LogP contribution is -1.97. The minimum absolute atomic E-state index is 0.912. The van der Waals surface area contributed by atoms with E-state index in [0.717, 1.165) is 45.3 Å². The van der Waals surface area contributed by atoms with Gasteiger partial charge < -0.3 is 4.74 Å². The number of allylic oxidation sites excluding steroid dienone is 6. The van der Waals surface area contributed by atoms with Crippen LogP contribution in [0.4, 0.5) is 0 Å². The molecule has 1 heterocycles. The zero-order chi connectivity index (χ0) is 31.3. The summed E-state index contributed by atoms with van der Waals surface area (Å²) in [5.41, 5.74) is 8.56. The van der Waals surface area contributed by atoms with E-state index in [4.69, 9.17) is 4.74 Å². The number of hydrogen-bond donors (Lipinski definition) is 0. The van der Waals surface area contributed by atoms with E-state index in [-0.39, 0.29) is 0 Å². The fraction of sp³-hybridized carbons (Fsp3) is 0.0667. The normalized spacial score (nSPS) is 13.9. The first-order valence-electron chi connectivity index (χ1n) is 16.4. The molecule has 1 nitrogen and oxygen atoms in total. The van der Waals surface area contributed by atoms with Crippen LogP contribution in [-0.4, -0.2) is 0 Å². The van der Waals surface area contributed by atoms with Crippen molar-refractivity contribution in [3.05, 3.63) is 163 Å². The van der Waals surface area contributed by atoms with Crippen molar-refractivity contribution < 1.29 is 4.74 Å². The van der Waals surface area contributed by atoms with Crippen molar-refractivity contribution in [1.29, 1.82) is 0 Å². The Labute approximate surface area is 279 Å². The Balaban J connectivity index is 1.26. The topological polar surface area (TPSA) is 9.23 Å². The summed E-state index contributed by atoms with van der Waals surface area (Å²) >= 11 is 1.78. The van der Waals surface area contributed by atoms with Crippen molar-refractivity contribution >= 4 is 49.7 Å². The van der Waals surface area contributed by atoms with E-state index in [0.29, 0.717) is 0 Å². The molecule has 0 spiro atoms. The average molecular weight is 621 g/mol. The highest BCUT2D eigenvalue weighted by atomic mass is 32.2. The van der Waals surface area contributed by atoms with E-state index < -0.39 is 0 Å². The van der Waals surface area contributed by atoms with Gasteiger partial charge in [0, 0.05) is 5.56 Å². The van der Waals surface area contributed by atoms with Gasteiger partial charge in [-0.1, -0.05) is 133 Å². The van der Waals surface area contributed by atoms with Crippen LogP contribution in [0.2, 0.25) is 0 Å². The van der Waals surface area contributed by atoms with Crippen molar-refractivity contribution in [1.82, 2.24) is 0 Å². The monoisotopic (exact) mass is 620 g/mol. The Morgan fingerprint density at radius 1 is 0.574 bits per heavy atom. The van der Waals surface area contributed by atoms with E-state index in [2.05, 4.69) is 153 Å². The predicted molar refractivity (Wildman–Crippen MR) is 201 cm³/mol. The van der Waals surface area contributed by atoms with E-state index >= 15 is 0 Å². The second-order valence-corrected chi connectivity index (χ2v) is 13.4. The van der Waals surface area contributed by atoms with E-state index in [9.17, 15) is 0 Å². The first-order chi connectivity index (χ1) is 23.2. The van der Waals surface area contributed by atoms with Gasteiger partial charge in [-0.2, -0.15) is 0 Å². The van der Waals surface area contributed by atoms with Gasteiger partial charge in [-0.25, -0.2) is 0 Å². The van der Waals surface area contributed by atoms with Gasteiger partial charge in [-0.3, -0.25) is 0 Å². The van der Waals surface area contributed by atoms with Crippen LogP contribution < -0.4 is 4.74 Å². The molecule has 224 valence electrons. The zero-order valence-corrected chi connectivity index (χ0v) is 27.0. The van der Waals surface area contributed by atoms with Gasteiger partial charge in [0.1, 0.15) is 11.5 Å². The van der Waals surface area contributed by atoms with Crippen LogP contribution in [0.15, 0.2) is 167 Å². The van der Waals surface area contributed by atoms with Crippen molar-refractivity contribution in [3.8, 4) is 33.8 Å². The third kappa shape index (κ3) is 4.88. The third-order valence-corrected chi connectivity index (χ3v) is 10.7. The molecule has 2 heteroatoms. The molecule has 0 radical (unpaired) electrons. The van der Waals surface area contributed by atoms with Crippen molar-refractivity contribution in [3.63, 3.8) is 0 Å². The molecule has 0 saturated carbocycles. The predicted octanol–water partition coefficient (Wildman–Crippen LogP) is 13.4. The molecule has 47 heavy (non-hydrogen) atoms. The lowest BCUT2D eigenvalue weighted by atomic mass is 9.89. The van der Waals surface area contributed by atoms with E-state index in [1.54, 1.807) is 11.8 Å². The summed E-state index contributed by atoms with van der Waals surface area (Å²) in [7, 11) is 0. The fourth-order valence-corrected chi connectivity index (χ4v) is 8.11. The summed E-state index contributed by atoms with van der Waals surface area (Å²) in [6, 6.07) is 46.5. The molecule has 0 amide bonds. The Kier molecular flexibility index (Phi) is 6.83. The van der Waals surface area contributed by atoms with Crippen LogP contribution in [0, 0.1) is 0 Å². The number of rotatable bonds is 4. The summed E-state index contributed by atoms with van der Waals surface area (Å²) in [4.78, 5) is 2.29. The number of fused-ring (bicyclic) bond motifs is 8. The first-order valence-corrected chi connectivity index (χ1v) is 17.2. The van der Waals surface area contributed by atoms with E-state index in [1.807, 2.05) is 6.07 Å². The molecule has 2 aliphatic rings. The molecule has 0 aromatic heterocycles. The summed E-state index contributed by atoms with van der Waals surface area (Å²) in [5.74, 6) is 1.84. The quantitative estimate of drug-likeness (QED) is 0.181. The molecule has 0 unspecified atom stereocenters. The van der Waals surface area contributed by atoms with Crippen molar-refractivity contribution in [2.24, 2.45) is 0 Å². The van der Waals surface area contributed by atoms with Crippen molar-refractivity contribution in [2.75, 3.05) is 0 Å². The Morgan fingerprint density at radius 3 is 2.02 bits per heavy atom. The van der Waals surface area contributed by atoms with Crippen LogP contribution in [0.3, 0.4) is 0 Å². The molecule has 1 aliphatic heterocycles. The smallest absolute Gasteiger partial charge is 0.149 e. The van der Waals surface area contributed by atoms with Crippen LogP contribution in [0.1, 0.15) is 25.3 Å². The average Bonchev–Trinajstić information content (AvgIpc) is 3.39. The molecular formula is C45H32OS.